The summed E-state index contributed by atoms with van der Waals surface area (Å²) in [5.41, 5.74) is 3.30. The van der Waals surface area contributed by atoms with Gasteiger partial charge < -0.3 is 29.1 Å². The van der Waals surface area contributed by atoms with Gasteiger partial charge in [0.1, 0.15) is 17.8 Å². The Hall–Kier alpha value is -3.33. The molecule has 0 bridgehead atoms. The fourth-order valence-electron chi connectivity index (χ4n) is 6.06. The molecule has 3 unspecified atom stereocenters. The zero-order chi connectivity index (χ0) is 35.5. The first-order chi connectivity index (χ1) is 22.6. The minimum atomic E-state index is -0.794. The molecule has 3 heterocycles. The molecule has 0 aromatic rings. The highest BCUT2D eigenvalue weighted by atomic mass is 16.6. The number of rotatable bonds is 6. The molecule has 3 aliphatic rings. The van der Waals surface area contributed by atoms with Gasteiger partial charge in [0, 0.05) is 32.1 Å². The van der Waals surface area contributed by atoms with Gasteiger partial charge in [-0.1, -0.05) is 61.4 Å². The van der Waals surface area contributed by atoms with Gasteiger partial charge in [0.2, 0.25) is 0 Å². The summed E-state index contributed by atoms with van der Waals surface area (Å²) in [5.74, 6) is -0.527. The van der Waals surface area contributed by atoms with E-state index in [4.69, 9.17) is 14.2 Å². The van der Waals surface area contributed by atoms with Crippen molar-refractivity contribution < 1.29 is 33.7 Å². The Morgan fingerprint density at radius 2 is 1.35 bits per heavy atom. The number of carbonyl (C=O) groups excluding carboxylic acids is 3. The summed E-state index contributed by atoms with van der Waals surface area (Å²) in [7, 11) is 0. The van der Waals surface area contributed by atoms with Gasteiger partial charge in [0.05, 0.1) is 12.5 Å². The zero-order valence-electron chi connectivity index (χ0n) is 30.5. The smallest absolute Gasteiger partial charge is 0.410 e. The summed E-state index contributed by atoms with van der Waals surface area (Å²) < 4.78 is 16.9. The Kier molecular flexibility index (Phi) is 14.6. The molecule has 0 aromatic heterocycles. The monoisotopic (exact) mass is 667 g/mol. The van der Waals surface area contributed by atoms with Crippen molar-refractivity contribution in [3.8, 4) is 0 Å². The number of nitrogens with zero attached hydrogens (tertiary/aromatic N) is 2. The van der Waals surface area contributed by atoms with Crippen molar-refractivity contribution in [1.82, 2.24) is 9.80 Å². The second-order valence-corrected chi connectivity index (χ2v) is 15.0. The summed E-state index contributed by atoms with van der Waals surface area (Å²) in [5, 5.41) is 10.7. The number of carbonyl (C=O) groups is 3. The average molecular weight is 668 g/mol. The second kappa shape index (κ2) is 17.9. The van der Waals surface area contributed by atoms with Crippen LogP contribution in [0.3, 0.4) is 0 Å². The van der Waals surface area contributed by atoms with Crippen molar-refractivity contribution in [2.45, 2.75) is 118 Å². The Labute approximate surface area is 288 Å². The number of aliphatic hydroxyl groups excluding tert-OH is 1. The Morgan fingerprint density at radius 3 is 1.83 bits per heavy atom. The van der Waals surface area contributed by atoms with E-state index in [0.29, 0.717) is 39.0 Å². The number of ether oxygens (including phenoxy) is 3. The van der Waals surface area contributed by atoms with Crippen LogP contribution in [0.4, 0.5) is 9.59 Å². The van der Waals surface area contributed by atoms with Crippen molar-refractivity contribution in [2.75, 3.05) is 32.8 Å². The van der Waals surface area contributed by atoms with Gasteiger partial charge in [0.25, 0.3) is 0 Å². The van der Waals surface area contributed by atoms with E-state index in [-0.39, 0.29) is 37.0 Å². The van der Waals surface area contributed by atoms with Crippen LogP contribution in [-0.2, 0) is 19.0 Å². The molecule has 9 nitrogen and oxygen atoms in total. The highest BCUT2D eigenvalue weighted by molar-refractivity contribution is 5.70. The van der Waals surface area contributed by atoms with Gasteiger partial charge in [-0.25, -0.2) is 9.59 Å². The SMILES string of the molecule is CC/C(=C\C1=CCCN(C(=O)OC(C)(C)C)C1)C1[CH]C=CC(/C(=C/C2=CCCN(C(=O)OC(C)(C)C)C2)CC)COC(=O)CC(O)CC1. The third kappa shape index (κ3) is 13.3. The van der Waals surface area contributed by atoms with Crippen LogP contribution >= 0.6 is 0 Å². The third-order valence-corrected chi connectivity index (χ3v) is 8.50. The van der Waals surface area contributed by atoms with E-state index >= 15 is 0 Å². The normalized spacial score (nSPS) is 24.1. The summed E-state index contributed by atoms with van der Waals surface area (Å²) >= 11 is 0. The first kappa shape index (κ1) is 39.1. The van der Waals surface area contributed by atoms with Crippen molar-refractivity contribution in [3.05, 3.63) is 65.2 Å². The van der Waals surface area contributed by atoms with Crippen LogP contribution in [0.1, 0.15) is 100 Å². The minimum Gasteiger partial charge on any atom is -0.465 e. The lowest BCUT2D eigenvalue weighted by Crippen LogP contribution is -2.39. The Bertz CT molecular complexity index is 1280. The van der Waals surface area contributed by atoms with Crippen LogP contribution in [0.15, 0.2) is 58.7 Å². The van der Waals surface area contributed by atoms with E-state index in [1.807, 2.05) is 41.5 Å². The van der Waals surface area contributed by atoms with Crippen LogP contribution in [-0.4, -0.2) is 83.2 Å². The molecule has 1 N–H and O–H groups in total. The lowest BCUT2D eigenvalue weighted by Gasteiger charge is -2.30. The molecule has 0 saturated carbocycles. The van der Waals surface area contributed by atoms with Gasteiger partial charge in [-0.05, 0) is 104 Å². The molecule has 2 amide bonds. The van der Waals surface area contributed by atoms with Crippen molar-refractivity contribution in [1.29, 1.82) is 0 Å². The molecule has 1 radical (unpaired) electrons. The molecule has 0 aromatic carbocycles. The summed E-state index contributed by atoms with van der Waals surface area (Å²) in [6, 6.07) is 0. The quantitative estimate of drug-likeness (QED) is 0.227. The molecule has 0 aliphatic carbocycles. The number of cyclic esters (lactones) is 1. The lowest BCUT2D eigenvalue weighted by molar-refractivity contribution is -0.146. The second-order valence-electron chi connectivity index (χ2n) is 15.0. The minimum absolute atomic E-state index is 0.0484. The van der Waals surface area contributed by atoms with Crippen LogP contribution in [0.5, 0.6) is 0 Å². The third-order valence-electron chi connectivity index (χ3n) is 8.50. The summed E-state index contributed by atoms with van der Waals surface area (Å²) in [6.45, 7) is 17.8. The van der Waals surface area contributed by atoms with Crippen LogP contribution in [0.25, 0.3) is 0 Å². The number of allylic oxidation sites excluding steroid dienone is 2. The number of amides is 2. The summed E-state index contributed by atoms with van der Waals surface area (Å²) in [4.78, 5) is 41.7. The molecule has 3 atom stereocenters. The van der Waals surface area contributed by atoms with Crippen molar-refractivity contribution >= 4 is 18.2 Å². The molecule has 0 saturated heterocycles. The number of esters is 1. The topological polar surface area (TPSA) is 106 Å². The van der Waals surface area contributed by atoms with E-state index in [2.05, 4.69) is 56.7 Å². The molecule has 0 fully saturated rings. The van der Waals surface area contributed by atoms with E-state index in [9.17, 15) is 19.5 Å². The standard InChI is InChI=1S/C39H59N2O7/c1-9-30(22-28-14-12-20-40(25-28)36(44)47-38(3,4)5)32-16-11-17-33(27-46-35(43)24-34(42)19-18-32)31(10-2)23-29-15-13-21-41(26-29)37(45)48-39(6,7)8/h11,14-17,22-23,32-34,42H,9-10,12-13,18-21,24-27H2,1-8H3/b17-11?,30-22+,31-23+. The zero-order valence-corrected chi connectivity index (χ0v) is 30.5. The highest BCUT2D eigenvalue weighted by Gasteiger charge is 2.27. The van der Waals surface area contributed by atoms with E-state index in [1.165, 1.54) is 5.57 Å². The maximum absolute atomic E-state index is 12.8. The van der Waals surface area contributed by atoms with Crippen LogP contribution in [0.2, 0.25) is 0 Å². The first-order valence-corrected chi connectivity index (χ1v) is 17.7. The van der Waals surface area contributed by atoms with Gasteiger partial charge in [0.15, 0.2) is 0 Å². The van der Waals surface area contributed by atoms with Crippen LogP contribution in [0, 0.1) is 18.3 Å². The van der Waals surface area contributed by atoms with E-state index in [1.54, 1.807) is 9.80 Å². The molecular weight excluding hydrogens is 608 g/mol. The molecular formula is C39H59N2O7. The molecule has 0 spiro atoms. The molecule has 48 heavy (non-hydrogen) atoms. The van der Waals surface area contributed by atoms with Gasteiger partial charge >= 0.3 is 18.2 Å². The van der Waals surface area contributed by atoms with Gasteiger partial charge in [-0.15, -0.1) is 0 Å². The van der Waals surface area contributed by atoms with E-state index in [0.717, 1.165) is 42.4 Å². The molecule has 3 rings (SSSR count). The average Bonchev–Trinajstić information content (AvgIpc) is 3.00. The molecule has 3 aliphatic heterocycles. The number of aliphatic hydroxyl groups is 1. The van der Waals surface area contributed by atoms with E-state index < -0.39 is 23.3 Å². The predicted molar refractivity (Wildman–Crippen MR) is 189 cm³/mol. The Balaban J connectivity index is 1.82. The number of hydrogen-bond donors (Lipinski definition) is 1. The fraction of sp³-hybridized carbons (Fsp3) is 0.641. The summed E-state index contributed by atoms with van der Waals surface area (Å²) in [6.07, 6.45) is 17.7. The fourth-order valence-corrected chi connectivity index (χ4v) is 6.06. The predicted octanol–water partition coefficient (Wildman–Crippen LogP) is 7.87. The highest BCUT2D eigenvalue weighted by Crippen LogP contribution is 2.30. The van der Waals surface area contributed by atoms with Crippen LogP contribution < -0.4 is 0 Å². The van der Waals surface area contributed by atoms with Crippen molar-refractivity contribution in [2.24, 2.45) is 11.8 Å². The first-order valence-electron chi connectivity index (χ1n) is 17.7. The van der Waals surface area contributed by atoms with Gasteiger partial charge in [-0.2, -0.15) is 0 Å². The Morgan fingerprint density at radius 1 is 0.854 bits per heavy atom. The van der Waals surface area contributed by atoms with Gasteiger partial charge in [-0.3, -0.25) is 4.79 Å². The molecule has 9 heteroatoms. The maximum Gasteiger partial charge on any atom is 0.410 e. The lowest BCUT2D eigenvalue weighted by atomic mass is 9.85. The largest absolute Gasteiger partial charge is 0.465 e. The molecule has 267 valence electrons. The maximum atomic E-state index is 12.8. The van der Waals surface area contributed by atoms with Crippen molar-refractivity contribution in [3.63, 3.8) is 0 Å². The number of hydrogen-bond acceptors (Lipinski definition) is 7.